The largest absolute Gasteiger partial charge is 0.370 e. The Morgan fingerprint density at radius 2 is 1.80 bits per heavy atom. The van der Waals surface area contributed by atoms with E-state index in [2.05, 4.69) is 10.6 Å². The third-order valence-corrected chi connectivity index (χ3v) is 4.78. The molecule has 4 nitrogen and oxygen atoms in total. The SMILES string of the molecule is CCCC(O)(NC(=O)Nc1ccccc1)C(C)(C)c1cccc(Cl)c1. The first-order valence-corrected chi connectivity index (χ1v) is 8.79. The summed E-state index contributed by atoms with van der Waals surface area (Å²) in [6, 6.07) is 16.0. The van der Waals surface area contributed by atoms with Gasteiger partial charge in [0.2, 0.25) is 0 Å². The minimum absolute atomic E-state index is 0.411. The summed E-state index contributed by atoms with van der Waals surface area (Å²) in [6.07, 6.45) is 1.13. The normalized spacial score (nSPS) is 13.8. The Labute approximate surface area is 154 Å². The van der Waals surface area contributed by atoms with Crippen molar-refractivity contribution in [3.05, 3.63) is 65.2 Å². The van der Waals surface area contributed by atoms with Gasteiger partial charge in [0.25, 0.3) is 0 Å². The van der Waals surface area contributed by atoms with E-state index in [9.17, 15) is 9.90 Å². The average molecular weight is 361 g/mol. The monoisotopic (exact) mass is 360 g/mol. The van der Waals surface area contributed by atoms with Crippen molar-refractivity contribution in [3.63, 3.8) is 0 Å². The molecule has 0 aromatic heterocycles. The molecule has 2 aromatic rings. The van der Waals surface area contributed by atoms with Crippen LogP contribution in [0.3, 0.4) is 0 Å². The first-order valence-electron chi connectivity index (χ1n) is 8.41. The predicted octanol–water partition coefficient (Wildman–Crippen LogP) is 4.93. The summed E-state index contributed by atoms with van der Waals surface area (Å²) in [6.45, 7) is 5.77. The fourth-order valence-corrected chi connectivity index (χ4v) is 3.07. The molecule has 2 amide bonds. The number of halogens is 1. The third-order valence-electron chi connectivity index (χ3n) is 4.54. The second-order valence-electron chi connectivity index (χ2n) is 6.69. The first-order chi connectivity index (χ1) is 11.8. The van der Waals surface area contributed by atoms with Crippen LogP contribution < -0.4 is 10.6 Å². The van der Waals surface area contributed by atoms with Crippen LogP contribution in [-0.2, 0) is 5.41 Å². The number of benzene rings is 2. The van der Waals surface area contributed by atoms with Gasteiger partial charge in [-0.15, -0.1) is 0 Å². The number of urea groups is 1. The molecule has 134 valence electrons. The lowest BCUT2D eigenvalue weighted by atomic mass is 9.73. The van der Waals surface area contributed by atoms with Crippen LogP contribution in [0.5, 0.6) is 0 Å². The van der Waals surface area contributed by atoms with Crippen molar-refractivity contribution in [1.29, 1.82) is 0 Å². The van der Waals surface area contributed by atoms with E-state index in [-0.39, 0.29) is 0 Å². The zero-order valence-electron chi connectivity index (χ0n) is 14.8. The maximum absolute atomic E-state index is 12.4. The second-order valence-corrected chi connectivity index (χ2v) is 7.13. The number of amides is 2. The predicted molar refractivity (Wildman–Crippen MR) is 103 cm³/mol. The molecule has 0 fully saturated rings. The van der Waals surface area contributed by atoms with Gasteiger partial charge in [0.05, 0.1) is 0 Å². The molecule has 0 saturated carbocycles. The van der Waals surface area contributed by atoms with Crippen molar-refractivity contribution in [1.82, 2.24) is 5.32 Å². The zero-order chi connectivity index (χ0) is 18.5. The van der Waals surface area contributed by atoms with Gasteiger partial charge < -0.3 is 15.7 Å². The topological polar surface area (TPSA) is 61.4 Å². The summed E-state index contributed by atoms with van der Waals surface area (Å²) in [5, 5.41) is 17.4. The summed E-state index contributed by atoms with van der Waals surface area (Å²) >= 11 is 6.11. The van der Waals surface area contributed by atoms with Crippen molar-refractivity contribution in [3.8, 4) is 0 Å². The van der Waals surface area contributed by atoms with Crippen LogP contribution in [0.25, 0.3) is 0 Å². The molecule has 0 aliphatic heterocycles. The smallest absolute Gasteiger partial charge is 0.321 e. The van der Waals surface area contributed by atoms with E-state index in [1.54, 1.807) is 18.2 Å². The lowest BCUT2D eigenvalue weighted by Crippen LogP contribution is -2.61. The van der Waals surface area contributed by atoms with Gasteiger partial charge in [-0.25, -0.2) is 4.79 Å². The molecule has 0 saturated heterocycles. The molecular weight excluding hydrogens is 336 g/mol. The van der Waals surface area contributed by atoms with E-state index < -0.39 is 17.2 Å². The highest BCUT2D eigenvalue weighted by molar-refractivity contribution is 6.30. The number of nitrogens with one attached hydrogen (secondary N) is 2. The highest BCUT2D eigenvalue weighted by Gasteiger charge is 2.45. The van der Waals surface area contributed by atoms with Gasteiger partial charge >= 0.3 is 6.03 Å². The fourth-order valence-electron chi connectivity index (χ4n) is 2.88. The van der Waals surface area contributed by atoms with Gasteiger partial charge in [0, 0.05) is 16.1 Å². The first kappa shape index (κ1) is 19.3. The Hall–Kier alpha value is -2.04. The molecule has 0 aliphatic rings. The van der Waals surface area contributed by atoms with E-state index in [0.717, 1.165) is 5.56 Å². The van der Waals surface area contributed by atoms with E-state index >= 15 is 0 Å². The van der Waals surface area contributed by atoms with Crippen molar-refractivity contribution >= 4 is 23.3 Å². The van der Waals surface area contributed by atoms with Crippen LogP contribution in [0.1, 0.15) is 39.2 Å². The third kappa shape index (κ3) is 4.53. The molecule has 0 bridgehead atoms. The molecule has 1 unspecified atom stereocenters. The second kappa shape index (κ2) is 7.89. The van der Waals surface area contributed by atoms with Crippen LogP contribution in [0, 0.1) is 0 Å². The molecule has 0 aliphatic carbocycles. The summed E-state index contributed by atoms with van der Waals surface area (Å²) in [5.41, 5.74) is -0.636. The van der Waals surface area contributed by atoms with Gasteiger partial charge in [-0.2, -0.15) is 0 Å². The number of hydrogen-bond donors (Lipinski definition) is 3. The zero-order valence-corrected chi connectivity index (χ0v) is 15.6. The number of para-hydroxylation sites is 1. The van der Waals surface area contributed by atoms with Crippen molar-refractivity contribution in [2.24, 2.45) is 0 Å². The maximum atomic E-state index is 12.4. The molecule has 2 rings (SSSR count). The Morgan fingerprint density at radius 1 is 1.12 bits per heavy atom. The highest BCUT2D eigenvalue weighted by Crippen LogP contribution is 2.37. The molecule has 25 heavy (non-hydrogen) atoms. The van der Waals surface area contributed by atoms with Crippen molar-refractivity contribution < 1.29 is 9.90 Å². The lowest BCUT2D eigenvalue weighted by Gasteiger charge is -2.43. The Kier molecular flexibility index (Phi) is 6.09. The fraction of sp³-hybridized carbons (Fsp3) is 0.350. The molecule has 0 spiro atoms. The standard InChI is InChI=1S/C20H25ClN2O2/c1-4-13-20(25,19(2,3)15-9-8-10-16(21)14-15)23-18(24)22-17-11-6-5-7-12-17/h5-12,14,25H,4,13H2,1-3H3,(H2,22,23,24). The maximum Gasteiger partial charge on any atom is 0.321 e. The summed E-state index contributed by atoms with van der Waals surface area (Å²) in [7, 11) is 0. The van der Waals surface area contributed by atoms with Crippen LogP contribution in [0.2, 0.25) is 5.02 Å². The lowest BCUT2D eigenvalue weighted by molar-refractivity contribution is -0.0523. The van der Waals surface area contributed by atoms with Gasteiger partial charge in [-0.1, -0.05) is 69.1 Å². The van der Waals surface area contributed by atoms with E-state index in [1.807, 2.05) is 57.2 Å². The summed E-state index contributed by atoms with van der Waals surface area (Å²) < 4.78 is 0. The molecular formula is C20H25ClN2O2. The summed E-state index contributed by atoms with van der Waals surface area (Å²) in [5.74, 6) is 0. The minimum Gasteiger partial charge on any atom is -0.370 e. The molecule has 5 heteroatoms. The molecule has 3 N–H and O–H groups in total. The van der Waals surface area contributed by atoms with Crippen molar-refractivity contribution in [2.45, 2.75) is 44.8 Å². The Balaban J connectivity index is 2.25. The van der Waals surface area contributed by atoms with Gasteiger partial charge in [0.1, 0.15) is 5.72 Å². The number of hydrogen-bond acceptors (Lipinski definition) is 2. The molecule has 1 atom stereocenters. The number of carbonyl (C=O) groups excluding carboxylic acids is 1. The van der Waals surface area contributed by atoms with Crippen LogP contribution >= 0.6 is 11.6 Å². The number of carbonyl (C=O) groups is 1. The van der Waals surface area contributed by atoms with Gasteiger partial charge in [-0.3, -0.25) is 0 Å². The average Bonchev–Trinajstić information content (AvgIpc) is 2.55. The van der Waals surface area contributed by atoms with E-state index in [0.29, 0.717) is 23.6 Å². The van der Waals surface area contributed by atoms with Crippen molar-refractivity contribution in [2.75, 3.05) is 5.32 Å². The number of aliphatic hydroxyl groups is 1. The van der Waals surface area contributed by atoms with Crippen LogP contribution in [-0.4, -0.2) is 16.9 Å². The number of anilines is 1. The Bertz CT molecular complexity index is 719. The van der Waals surface area contributed by atoms with E-state index in [4.69, 9.17) is 11.6 Å². The van der Waals surface area contributed by atoms with E-state index in [1.165, 1.54) is 0 Å². The number of rotatable bonds is 6. The van der Waals surface area contributed by atoms with Gasteiger partial charge in [0.15, 0.2) is 0 Å². The quantitative estimate of drug-likeness (QED) is 0.640. The van der Waals surface area contributed by atoms with Crippen LogP contribution in [0.15, 0.2) is 54.6 Å². The van der Waals surface area contributed by atoms with Gasteiger partial charge in [-0.05, 0) is 36.2 Å². The summed E-state index contributed by atoms with van der Waals surface area (Å²) in [4.78, 5) is 12.4. The molecule has 0 heterocycles. The molecule has 0 radical (unpaired) electrons. The molecule has 2 aromatic carbocycles. The minimum atomic E-state index is -1.43. The Morgan fingerprint density at radius 3 is 2.40 bits per heavy atom. The van der Waals surface area contributed by atoms with Crippen LogP contribution in [0.4, 0.5) is 10.5 Å². The highest BCUT2D eigenvalue weighted by atomic mass is 35.5.